The molecule has 98 valence electrons. The van der Waals surface area contributed by atoms with Gasteiger partial charge < -0.3 is 9.80 Å². The summed E-state index contributed by atoms with van der Waals surface area (Å²) in [6.45, 7) is 7.31. The molecule has 2 heteroatoms. The zero-order chi connectivity index (χ0) is 12.6. The second kappa shape index (κ2) is 4.58. The third-order valence-electron chi connectivity index (χ3n) is 4.78. The summed E-state index contributed by atoms with van der Waals surface area (Å²) >= 11 is 0. The summed E-state index contributed by atoms with van der Waals surface area (Å²) < 4.78 is 0. The predicted molar refractivity (Wildman–Crippen MR) is 77.4 cm³/mol. The van der Waals surface area contributed by atoms with Gasteiger partial charge in [-0.3, -0.25) is 0 Å². The molecule has 18 heavy (non-hydrogen) atoms. The standard InChI is InChI=1S/C16H24N2/c1-3-10-18-11-8-16(9-12-18)13-17(2)15-7-5-4-6-14(15)16/h4-7H,3,8-13H2,1-2H3. The molecule has 2 aliphatic rings. The molecule has 0 atom stereocenters. The van der Waals surface area contributed by atoms with Crippen LogP contribution in [-0.2, 0) is 5.41 Å². The van der Waals surface area contributed by atoms with Gasteiger partial charge in [0.25, 0.3) is 0 Å². The highest BCUT2D eigenvalue weighted by Crippen LogP contribution is 2.46. The Bertz CT molecular complexity index is 419. The van der Waals surface area contributed by atoms with Gasteiger partial charge in [0.05, 0.1) is 0 Å². The van der Waals surface area contributed by atoms with Crippen LogP contribution >= 0.6 is 0 Å². The summed E-state index contributed by atoms with van der Waals surface area (Å²) in [6.07, 6.45) is 3.94. The van der Waals surface area contributed by atoms with Gasteiger partial charge in [-0.15, -0.1) is 0 Å². The van der Waals surface area contributed by atoms with Crippen molar-refractivity contribution in [2.24, 2.45) is 0 Å². The van der Waals surface area contributed by atoms with E-state index in [2.05, 4.69) is 48.0 Å². The van der Waals surface area contributed by atoms with Gasteiger partial charge in [-0.1, -0.05) is 25.1 Å². The molecule has 0 radical (unpaired) electrons. The van der Waals surface area contributed by atoms with Crippen molar-refractivity contribution in [1.82, 2.24) is 4.90 Å². The van der Waals surface area contributed by atoms with Crippen molar-refractivity contribution >= 4 is 5.69 Å². The summed E-state index contributed by atoms with van der Waals surface area (Å²) in [4.78, 5) is 5.08. The maximum absolute atomic E-state index is 2.63. The maximum Gasteiger partial charge on any atom is 0.0402 e. The molecule has 0 amide bonds. The Morgan fingerprint density at radius 2 is 1.89 bits per heavy atom. The van der Waals surface area contributed by atoms with E-state index in [4.69, 9.17) is 0 Å². The van der Waals surface area contributed by atoms with E-state index in [1.54, 1.807) is 5.56 Å². The zero-order valence-corrected chi connectivity index (χ0v) is 11.7. The SMILES string of the molecule is CCCN1CCC2(CC1)CN(C)c1ccccc12. The van der Waals surface area contributed by atoms with Crippen LogP contribution in [-0.4, -0.2) is 38.1 Å². The predicted octanol–water partition coefficient (Wildman–Crippen LogP) is 2.88. The molecule has 0 unspecified atom stereocenters. The van der Waals surface area contributed by atoms with E-state index in [0.29, 0.717) is 5.41 Å². The van der Waals surface area contributed by atoms with E-state index in [1.165, 1.54) is 51.1 Å². The molecule has 0 bridgehead atoms. The molecule has 2 nitrogen and oxygen atoms in total. The third-order valence-corrected chi connectivity index (χ3v) is 4.78. The van der Waals surface area contributed by atoms with Crippen molar-refractivity contribution < 1.29 is 0 Å². The lowest BCUT2D eigenvalue weighted by molar-refractivity contribution is 0.167. The van der Waals surface area contributed by atoms with Gasteiger partial charge in [0.15, 0.2) is 0 Å². The van der Waals surface area contributed by atoms with Gasteiger partial charge in [0, 0.05) is 24.7 Å². The summed E-state index contributed by atoms with van der Waals surface area (Å²) in [5.74, 6) is 0. The lowest BCUT2D eigenvalue weighted by Gasteiger charge is -2.39. The van der Waals surface area contributed by atoms with Crippen LogP contribution in [0.15, 0.2) is 24.3 Å². The second-order valence-corrected chi connectivity index (χ2v) is 6.00. The Hall–Kier alpha value is -1.02. The van der Waals surface area contributed by atoms with Crippen molar-refractivity contribution in [2.45, 2.75) is 31.6 Å². The average molecular weight is 244 g/mol. The number of piperidine rings is 1. The highest BCUT2D eigenvalue weighted by molar-refractivity contribution is 5.62. The first-order valence-corrected chi connectivity index (χ1v) is 7.28. The van der Waals surface area contributed by atoms with Gasteiger partial charge in [-0.05, 0) is 50.5 Å². The Morgan fingerprint density at radius 3 is 2.61 bits per heavy atom. The first-order valence-electron chi connectivity index (χ1n) is 7.28. The molecule has 1 fully saturated rings. The number of para-hydroxylation sites is 1. The van der Waals surface area contributed by atoms with Gasteiger partial charge >= 0.3 is 0 Å². The Kier molecular flexibility index (Phi) is 3.06. The number of fused-ring (bicyclic) bond motifs is 2. The van der Waals surface area contributed by atoms with Crippen LogP contribution in [0.4, 0.5) is 5.69 Å². The van der Waals surface area contributed by atoms with Crippen LogP contribution in [0.5, 0.6) is 0 Å². The highest BCUT2D eigenvalue weighted by atomic mass is 15.2. The quantitative estimate of drug-likeness (QED) is 0.789. The molecule has 0 saturated carbocycles. The molecule has 1 aromatic rings. The van der Waals surface area contributed by atoms with Crippen LogP contribution < -0.4 is 4.90 Å². The molecular formula is C16H24N2. The molecule has 0 aliphatic carbocycles. The van der Waals surface area contributed by atoms with Gasteiger partial charge in [0.1, 0.15) is 0 Å². The summed E-state index contributed by atoms with van der Waals surface area (Å²) in [7, 11) is 2.24. The third kappa shape index (κ3) is 1.83. The fourth-order valence-electron chi connectivity index (χ4n) is 3.83. The number of benzene rings is 1. The van der Waals surface area contributed by atoms with Crippen LogP contribution in [0.25, 0.3) is 0 Å². The molecule has 2 heterocycles. The smallest absolute Gasteiger partial charge is 0.0402 e. The summed E-state index contributed by atoms with van der Waals surface area (Å²) in [5, 5.41) is 0. The minimum Gasteiger partial charge on any atom is -0.373 e. The molecule has 1 aromatic carbocycles. The topological polar surface area (TPSA) is 6.48 Å². The number of likely N-dealkylation sites (N-methyl/N-ethyl adjacent to an activating group) is 1. The minimum absolute atomic E-state index is 0.440. The average Bonchev–Trinajstić information content (AvgIpc) is 2.67. The van der Waals surface area contributed by atoms with Crippen molar-refractivity contribution in [3.8, 4) is 0 Å². The largest absolute Gasteiger partial charge is 0.373 e. The Balaban J connectivity index is 1.82. The van der Waals surface area contributed by atoms with E-state index in [-0.39, 0.29) is 0 Å². The first-order chi connectivity index (χ1) is 8.75. The van der Waals surface area contributed by atoms with E-state index >= 15 is 0 Å². The number of rotatable bonds is 2. The normalized spacial score (nSPS) is 22.4. The number of anilines is 1. The van der Waals surface area contributed by atoms with E-state index in [0.717, 1.165) is 0 Å². The number of likely N-dealkylation sites (tertiary alicyclic amines) is 1. The van der Waals surface area contributed by atoms with Crippen LogP contribution in [0, 0.1) is 0 Å². The first kappa shape index (κ1) is 12.0. The fraction of sp³-hybridized carbons (Fsp3) is 0.625. The monoisotopic (exact) mass is 244 g/mol. The lowest BCUT2D eigenvalue weighted by Crippen LogP contribution is -2.44. The fourth-order valence-corrected chi connectivity index (χ4v) is 3.83. The maximum atomic E-state index is 2.63. The van der Waals surface area contributed by atoms with Crippen LogP contribution in [0.3, 0.4) is 0 Å². The van der Waals surface area contributed by atoms with E-state index < -0.39 is 0 Å². The summed E-state index contributed by atoms with van der Waals surface area (Å²) in [5.41, 5.74) is 3.50. The Labute approximate surface area is 111 Å². The van der Waals surface area contributed by atoms with Crippen LogP contribution in [0.1, 0.15) is 31.7 Å². The number of hydrogen-bond acceptors (Lipinski definition) is 2. The van der Waals surface area contributed by atoms with E-state index in [1.807, 2.05) is 0 Å². The second-order valence-electron chi connectivity index (χ2n) is 6.00. The van der Waals surface area contributed by atoms with Gasteiger partial charge in [-0.25, -0.2) is 0 Å². The molecule has 1 spiro atoms. The van der Waals surface area contributed by atoms with E-state index in [9.17, 15) is 0 Å². The Morgan fingerprint density at radius 1 is 1.17 bits per heavy atom. The molecule has 0 N–H and O–H groups in total. The molecule has 0 aromatic heterocycles. The van der Waals surface area contributed by atoms with Gasteiger partial charge in [-0.2, -0.15) is 0 Å². The number of hydrogen-bond donors (Lipinski definition) is 0. The number of nitrogens with zero attached hydrogens (tertiary/aromatic N) is 2. The summed E-state index contributed by atoms with van der Waals surface area (Å²) in [6, 6.07) is 9.01. The molecule has 1 saturated heterocycles. The molecule has 3 rings (SSSR count). The minimum atomic E-state index is 0.440. The highest BCUT2D eigenvalue weighted by Gasteiger charge is 2.43. The lowest BCUT2D eigenvalue weighted by atomic mass is 9.74. The molecular weight excluding hydrogens is 220 g/mol. The van der Waals surface area contributed by atoms with Crippen molar-refractivity contribution in [2.75, 3.05) is 38.1 Å². The van der Waals surface area contributed by atoms with Crippen molar-refractivity contribution in [3.05, 3.63) is 29.8 Å². The molecule has 2 aliphatic heterocycles. The van der Waals surface area contributed by atoms with Gasteiger partial charge in [0.2, 0.25) is 0 Å². The van der Waals surface area contributed by atoms with Crippen molar-refractivity contribution in [1.29, 1.82) is 0 Å². The zero-order valence-electron chi connectivity index (χ0n) is 11.7. The van der Waals surface area contributed by atoms with Crippen LogP contribution in [0.2, 0.25) is 0 Å². The van der Waals surface area contributed by atoms with Crippen molar-refractivity contribution in [3.63, 3.8) is 0 Å².